The lowest BCUT2D eigenvalue weighted by Gasteiger charge is -2.35. The maximum Gasteiger partial charge on any atom is 0.246 e. The van der Waals surface area contributed by atoms with Crippen LogP contribution in [0.2, 0.25) is 0 Å². The summed E-state index contributed by atoms with van der Waals surface area (Å²) in [6.07, 6.45) is 4.68. The molecule has 8 N–H and O–H groups in total. The number of amides is 9. The van der Waals surface area contributed by atoms with Gasteiger partial charge in [-0.25, -0.2) is 0 Å². The number of aromatic amines is 1. The molecule has 0 aliphatic carbocycles. The summed E-state index contributed by atoms with van der Waals surface area (Å²) < 4.78 is 0. The first-order valence-electron chi connectivity index (χ1n) is 28.4. The minimum Gasteiger partial charge on any atom is -0.361 e. The lowest BCUT2D eigenvalue weighted by atomic mass is 9.93. The Kier molecular flexibility index (Phi) is 21.5. The summed E-state index contributed by atoms with van der Waals surface area (Å²) in [7, 11) is 0. The summed E-state index contributed by atoms with van der Waals surface area (Å²) in [5, 5.41) is 21.3. The Morgan fingerprint density at radius 3 is 1.49 bits per heavy atom. The summed E-state index contributed by atoms with van der Waals surface area (Å²) >= 11 is 0. The average Bonchev–Trinajstić information content (AvgIpc) is 4.29. The van der Waals surface area contributed by atoms with Crippen molar-refractivity contribution in [2.45, 2.75) is 188 Å². The van der Waals surface area contributed by atoms with Gasteiger partial charge in [0.1, 0.15) is 54.4 Å². The number of hydrogen-bond donors (Lipinski definition) is 8. The highest BCUT2D eigenvalue weighted by Crippen LogP contribution is 2.28. The molecule has 3 saturated heterocycles. The van der Waals surface area contributed by atoms with E-state index < -0.39 is 125 Å². The zero-order chi connectivity index (χ0) is 57.0. The van der Waals surface area contributed by atoms with Gasteiger partial charge in [0, 0.05) is 43.0 Å². The van der Waals surface area contributed by atoms with Crippen LogP contribution < -0.4 is 37.2 Å². The number of H-pyrrole nitrogens is 1. The van der Waals surface area contributed by atoms with Crippen molar-refractivity contribution in [3.05, 3.63) is 71.9 Å². The third-order valence-corrected chi connectivity index (χ3v) is 15.8. The lowest BCUT2D eigenvalue weighted by molar-refractivity contribution is -0.148. The molecule has 11 atom stereocenters. The van der Waals surface area contributed by atoms with E-state index in [9.17, 15) is 43.2 Å². The number of rotatable bonds is 13. The molecule has 0 unspecified atom stereocenters. The number of nitrogens with zero attached hydrogens (tertiary/aromatic N) is 2. The van der Waals surface area contributed by atoms with Crippen LogP contribution in [0.4, 0.5) is 0 Å². The predicted octanol–water partition coefficient (Wildman–Crippen LogP) is 4.18. The van der Waals surface area contributed by atoms with Crippen molar-refractivity contribution >= 4 is 64.1 Å². The first-order valence-corrected chi connectivity index (χ1v) is 28.4. The Labute approximate surface area is 460 Å². The molecule has 9 amide bonds. The van der Waals surface area contributed by atoms with E-state index in [-0.39, 0.29) is 50.6 Å². The summed E-state index contributed by atoms with van der Waals surface area (Å²) in [6, 6.07) is 6.50. The number of fused-ring (bicyclic) bond motifs is 3. The first-order chi connectivity index (χ1) is 37.1. The fourth-order valence-corrected chi connectivity index (χ4v) is 10.9. The van der Waals surface area contributed by atoms with Gasteiger partial charge in [-0.05, 0) is 85.3 Å². The Morgan fingerprint density at radius 1 is 0.474 bits per heavy atom. The predicted molar refractivity (Wildman–Crippen MR) is 298 cm³/mol. The van der Waals surface area contributed by atoms with E-state index in [2.05, 4.69) is 42.2 Å². The van der Waals surface area contributed by atoms with Crippen molar-refractivity contribution in [2.24, 2.45) is 29.6 Å². The number of aromatic nitrogens is 1. The zero-order valence-corrected chi connectivity index (χ0v) is 47.4. The molecule has 19 nitrogen and oxygen atoms in total. The van der Waals surface area contributed by atoms with E-state index in [1.807, 2.05) is 96.1 Å². The molecule has 0 radical (unpaired) electrons. The Balaban J connectivity index is 1.43. The molecule has 6 rings (SSSR count). The van der Waals surface area contributed by atoms with Gasteiger partial charge in [-0.15, -0.1) is 0 Å². The molecule has 0 saturated carbocycles. The molecule has 2 aromatic carbocycles. The van der Waals surface area contributed by atoms with Gasteiger partial charge in [-0.3, -0.25) is 43.2 Å². The molecule has 0 spiro atoms. The van der Waals surface area contributed by atoms with Crippen LogP contribution in [-0.2, 0) is 56.0 Å². The van der Waals surface area contributed by atoms with E-state index in [0.717, 1.165) is 16.5 Å². The van der Waals surface area contributed by atoms with Gasteiger partial charge in [0.2, 0.25) is 53.2 Å². The van der Waals surface area contributed by atoms with Gasteiger partial charge in [-0.1, -0.05) is 131 Å². The van der Waals surface area contributed by atoms with Crippen molar-refractivity contribution in [3.8, 4) is 0 Å². The molecular weight excluding hydrogens is 993 g/mol. The highest BCUT2D eigenvalue weighted by atomic mass is 16.2. The Bertz CT molecular complexity index is 2600. The zero-order valence-electron chi connectivity index (χ0n) is 47.4. The molecule has 4 heterocycles. The van der Waals surface area contributed by atoms with Crippen LogP contribution in [0.25, 0.3) is 10.9 Å². The van der Waals surface area contributed by atoms with E-state index in [1.165, 1.54) is 9.80 Å². The third-order valence-electron chi connectivity index (χ3n) is 15.8. The minimum atomic E-state index is -1.26. The Morgan fingerprint density at radius 2 is 0.923 bits per heavy atom. The van der Waals surface area contributed by atoms with E-state index in [0.29, 0.717) is 44.1 Å². The minimum absolute atomic E-state index is 0.00360. The van der Waals surface area contributed by atoms with Gasteiger partial charge in [0.05, 0.1) is 0 Å². The number of para-hydroxylation sites is 1. The second-order valence-corrected chi connectivity index (χ2v) is 23.1. The quantitative estimate of drug-likeness (QED) is 0.122. The van der Waals surface area contributed by atoms with Crippen LogP contribution in [0.15, 0.2) is 60.8 Å². The highest BCUT2D eigenvalue weighted by Gasteiger charge is 2.45. The topological polar surface area (TPSA) is 260 Å². The molecule has 3 aromatic rings. The van der Waals surface area contributed by atoms with Crippen molar-refractivity contribution in [3.63, 3.8) is 0 Å². The van der Waals surface area contributed by atoms with Crippen molar-refractivity contribution in [2.75, 3.05) is 13.1 Å². The monoisotopic (exact) mass is 1080 g/mol. The third kappa shape index (κ3) is 15.3. The number of hydrogen-bond acceptors (Lipinski definition) is 9. The second-order valence-electron chi connectivity index (χ2n) is 23.1. The molecule has 426 valence electrons. The van der Waals surface area contributed by atoms with Crippen LogP contribution in [0.3, 0.4) is 0 Å². The van der Waals surface area contributed by atoms with Gasteiger partial charge >= 0.3 is 0 Å². The van der Waals surface area contributed by atoms with Gasteiger partial charge in [-0.2, -0.15) is 0 Å². The Hall–Kier alpha value is -6.79. The van der Waals surface area contributed by atoms with Crippen molar-refractivity contribution < 1.29 is 43.2 Å². The van der Waals surface area contributed by atoms with Crippen molar-refractivity contribution in [1.29, 1.82) is 0 Å². The molecule has 3 fully saturated rings. The largest absolute Gasteiger partial charge is 0.361 e. The van der Waals surface area contributed by atoms with Crippen LogP contribution in [0.5, 0.6) is 0 Å². The number of nitrogens with one attached hydrogen (secondary N) is 8. The maximum atomic E-state index is 15.0. The average molecular weight is 1080 g/mol. The molecule has 78 heavy (non-hydrogen) atoms. The summed E-state index contributed by atoms with van der Waals surface area (Å²) in [5.41, 5.74) is 2.24. The van der Waals surface area contributed by atoms with Crippen LogP contribution in [0, 0.1) is 29.6 Å². The summed E-state index contributed by atoms with van der Waals surface area (Å²) in [4.78, 5) is 138. The molecular formula is C59H86N10O9. The normalized spacial score (nSPS) is 26.8. The molecule has 3 aliphatic rings. The number of carbonyl (C=O) groups is 9. The summed E-state index contributed by atoms with van der Waals surface area (Å²) in [6.45, 7) is 19.0. The highest BCUT2D eigenvalue weighted by molar-refractivity contribution is 6.00. The van der Waals surface area contributed by atoms with Crippen LogP contribution >= 0.6 is 0 Å². The van der Waals surface area contributed by atoms with Crippen LogP contribution in [-0.4, -0.2) is 135 Å². The summed E-state index contributed by atoms with van der Waals surface area (Å²) in [5.74, 6) is -6.83. The maximum absolute atomic E-state index is 15.0. The smallest absolute Gasteiger partial charge is 0.246 e. The van der Waals surface area contributed by atoms with E-state index in [1.54, 1.807) is 33.9 Å². The van der Waals surface area contributed by atoms with Crippen molar-refractivity contribution in [1.82, 2.24) is 52.0 Å². The molecule has 3 aliphatic heterocycles. The van der Waals surface area contributed by atoms with Gasteiger partial charge in [0.15, 0.2) is 0 Å². The SMILES string of the molecule is CC[C@H](C)[C@@H]1NC(=O)[C@H](CC(C)C)NC(=O)[C@H](Cc2ccccc2)NC(=O)[C@@H](Cc2c[nH]c3ccccc23)NC(=O)[C@@H]2CCCN2C(=O)[C@@H]2CCCN2C(=O)[C@H](C(C)C)NC(=O)[C@H](CC(C)C)NC(=O)[C@H]([C@@H](C)CC)NC1=O. The molecule has 0 bridgehead atoms. The van der Waals surface area contributed by atoms with E-state index in [4.69, 9.17) is 0 Å². The number of benzene rings is 2. The lowest BCUT2D eigenvalue weighted by Crippen LogP contribution is -2.62. The molecule has 19 heteroatoms. The molecule has 1 aromatic heterocycles. The fraction of sp³-hybridized carbons (Fsp3) is 0.610. The fourth-order valence-electron chi connectivity index (χ4n) is 10.9. The second kappa shape index (κ2) is 27.7. The van der Waals surface area contributed by atoms with Crippen LogP contribution in [0.1, 0.15) is 132 Å². The van der Waals surface area contributed by atoms with E-state index >= 15 is 0 Å². The van der Waals surface area contributed by atoms with Gasteiger partial charge in [0.25, 0.3) is 0 Å². The number of carbonyl (C=O) groups excluding carboxylic acids is 9. The first kappa shape index (κ1) is 60.4. The van der Waals surface area contributed by atoms with Gasteiger partial charge < -0.3 is 52.0 Å². The standard InChI is InChI=1S/C59H86N10O9/c1-11-36(9)49-56(75)64-43(29-34(5)6)53(72)65-48(35(7)8)59(78)69-27-19-25-47(69)58(77)68-26-18-24-46(68)55(74)63-45(31-39-32-60-41-23-17-16-22-40(39)41)52(71)62-44(30-38-20-14-13-15-21-38)51(70)61-42(28-33(3)4)54(73)66-50(37(10)12-2)57(76)67-49/h13-17,20-23,32-37,42-50,60H,11-12,18-19,24-31H2,1-10H3,(H,61,70)(H,62,71)(H,63,74)(H,64,75)(H,65,72)(H,66,73)(H,67,76)/t36-,37-,42-,43-,44-,45+,46-,47-,48-,49-,50-/m0/s1.